The summed E-state index contributed by atoms with van der Waals surface area (Å²) in [7, 11) is 1.69. The van der Waals surface area contributed by atoms with Crippen LogP contribution < -0.4 is 15.0 Å². The van der Waals surface area contributed by atoms with Crippen LogP contribution in [-0.4, -0.2) is 54.4 Å². The van der Waals surface area contributed by atoms with Gasteiger partial charge in [-0.25, -0.2) is 9.97 Å². The van der Waals surface area contributed by atoms with E-state index in [4.69, 9.17) is 14.2 Å². The first-order valence-electron chi connectivity index (χ1n) is 10.9. The first-order valence-corrected chi connectivity index (χ1v) is 10.9. The molecule has 1 aromatic carbocycles. The van der Waals surface area contributed by atoms with Gasteiger partial charge in [0.15, 0.2) is 5.75 Å². The quantitative estimate of drug-likeness (QED) is 0.761. The van der Waals surface area contributed by atoms with Gasteiger partial charge in [0, 0.05) is 18.7 Å². The molecule has 2 atom stereocenters. The molecule has 31 heavy (non-hydrogen) atoms. The van der Waals surface area contributed by atoms with Gasteiger partial charge in [0.1, 0.15) is 5.75 Å². The Bertz CT molecular complexity index is 929. The van der Waals surface area contributed by atoms with E-state index in [1.54, 1.807) is 19.5 Å². The van der Waals surface area contributed by atoms with Gasteiger partial charge >= 0.3 is 0 Å². The molecule has 2 bridgehead atoms. The maximum absolute atomic E-state index is 12.3. The molecule has 0 radical (unpaired) electrons. The fourth-order valence-electron chi connectivity index (χ4n) is 4.64. The van der Waals surface area contributed by atoms with Crippen LogP contribution in [0.25, 0.3) is 0 Å². The third kappa shape index (κ3) is 4.09. The summed E-state index contributed by atoms with van der Waals surface area (Å²) in [6, 6.07) is 6.37. The van der Waals surface area contributed by atoms with Gasteiger partial charge in [0.05, 0.1) is 43.8 Å². The van der Waals surface area contributed by atoms with Crippen LogP contribution in [0.4, 0.5) is 11.6 Å². The van der Waals surface area contributed by atoms with Crippen molar-refractivity contribution < 1.29 is 19.0 Å². The van der Waals surface area contributed by atoms with E-state index in [2.05, 4.69) is 20.2 Å². The lowest BCUT2D eigenvalue weighted by atomic mass is 9.81. The number of anilines is 2. The summed E-state index contributed by atoms with van der Waals surface area (Å²) in [5.41, 5.74) is 1.70. The van der Waals surface area contributed by atoms with Crippen LogP contribution in [0.2, 0.25) is 0 Å². The Morgan fingerprint density at radius 3 is 2.52 bits per heavy atom. The minimum Gasteiger partial charge on any atom is -0.454 e. The number of morpholine rings is 1. The number of rotatable bonds is 6. The summed E-state index contributed by atoms with van der Waals surface area (Å²) in [4.78, 5) is 23.7. The third-order valence-corrected chi connectivity index (χ3v) is 6.56. The molecule has 1 aromatic heterocycles. The highest BCUT2D eigenvalue weighted by molar-refractivity contribution is 5.93. The summed E-state index contributed by atoms with van der Waals surface area (Å²) < 4.78 is 16.9. The summed E-state index contributed by atoms with van der Waals surface area (Å²) >= 11 is 0. The number of benzene rings is 1. The SMILES string of the molecule is COC1CC(C(=O)Nc2ccc(Oc3cnc(N4C5CCC4COC5)nc3)c(C)c2)C1. The van der Waals surface area contributed by atoms with E-state index in [0.717, 1.165) is 56.1 Å². The highest BCUT2D eigenvalue weighted by Crippen LogP contribution is 2.34. The van der Waals surface area contributed by atoms with E-state index in [9.17, 15) is 4.79 Å². The number of fused-ring (bicyclic) bond motifs is 2. The Morgan fingerprint density at radius 2 is 1.87 bits per heavy atom. The zero-order chi connectivity index (χ0) is 21.4. The fraction of sp³-hybridized carbons (Fsp3) is 0.522. The lowest BCUT2D eigenvalue weighted by Gasteiger charge is -2.34. The predicted molar refractivity (Wildman–Crippen MR) is 116 cm³/mol. The molecule has 8 nitrogen and oxygen atoms in total. The number of amides is 1. The molecule has 1 amide bonds. The minimum atomic E-state index is 0.0264. The molecule has 5 rings (SSSR count). The number of carbonyl (C=O) groups is 1. The van der Waals surface area contributed by atoms with Crippen LogP contribution in [-0.2, 0) is 14.3 Å². The van der Waals surface area contributed by atoms with Crippen LogP contribution >= 0.6 is 0 Å². The van der Waals surface area contributed by atoms with Crippen molar-refractivity contribution in [3.63, 3.8) is 0 Å². The van der Waals surface area contributed by atoms with Crippen LogP contribution in [0.5, 0.6) is 11.5 Å². The van der Waals surface area contributed by atoms with Crippen molar-refractivity contribution in [2.75, 3.05) is 30.5 Å². The fourth-order valence-corrected chi connectivity index (χ4v) is 4.64. The molecular weight excluding hydrogens is 396 g/mol. The highest BCUT2D eigenvalue weighted by Gasteiger charge is 2.39. The highest BCUT2D eigenvalue weighted by atomic mass is 16.5. The molecule has 1 N–H and O–H groups in total. The number of hydrogen-bond donors (Lipinski definition) is 1. The normalized spacial score (nSPS) is 27.0. The van der Waals surface area contributed by atoms with Gasteiger partial charge in [-0.15, -0.1) is 0 Å². The maximum atomic E-state index is 12.3. The van der Waals surface area contributed by atoms with E-state index < -0.39 is 0 Å². The van der Waals surface area contributed by atoms with Crippen LogP contribution in [0.1, 0.15) is 31.2 Å². The zero-order valence-electron chi connectivity index (χ0n) is 17.9. The molecule has 164 valence electrons. The number of methoxy groups -OCH3 is 1. The molecule has 1 aliphatic carbocycles. The smallest absolute Gasteiger partial charge is 0.227 e. The largest absolute Gasteiger partial charge is 0.454 e. The number of nitrogens with one attached hydrogen (secondary N) is 1. The molecule has 2 aromatic rings. The molecular formula is C23H28N4O4. The van der Waals surface area contributed by atoms with Crippen LogP contribution in [0.15, 0.2) is 30.6 Å². The molecule has 2 unspecified atom stereocenters. The van der Waals surface area contributed by atoms with E-state index >= 15 is 0 Å². The summed E-state index contributed by atoms with van der Waals surface area (Å²) in [6.45, 7) is 3.44. The second-order valence-corrected chi connectivity index (χ2v) is 8.65. The van der Waals surface area contributed by atoms with E-state index in [1.807, 2.05) is 25.1 Å². The maximum Gasteiger partial charge on any atom is 0.227 e. The molecule has 0 spiro atoms. The van der Waals surface area contributed by atoms with Crippen molar-refractivity contribution in [2.24, 2.45) is 5.92 Å². The van der Waals surface area contributed by atoms with Gasteiger partial charge < -0.3 is 24.4 Å². The van der Waals surface area contributed by atoms with Gasteiger partial charge in [-0.3, -0.25) is 4.79 Å². The third-order valence-electron chi connectivity index (χ3n) is 6.56. The first-order chi connectivity index (χ1) is 15.1. The Balaban J connectivity index is 1.21. The molecule has 2 aliphatic heterocycles. The van der Waals surface area contributed by atoms with Crippen molar-refractivity contribution in [3.05, 3.63) is 36.2 Å². The lowest BCUT2D eigenvalue weighted by Crippen LogP contribution is -2.46. The average molecular weight is 425 g/mol. The van der Waals surface area contributed by atoms with Crippen LogP contribution in [0.3, 0.4) is 0 Å². The Kier molecular flexibility index (Phi) is 5.50. The Hall–Kier alpha value is -2.71. The summed E-state index contributed by atoms with van der Waals surface area (Å²) in [5, 5.41) is 2.99. The van der Waals surface area contributed by atoms with Gasteiger partial charge in [0.2, 0.25) is 11.9 Å². The molecule has 8 heteroatoms. The topological polar surface area (TPSA) is 85.8 Å². The van der Waals surface area contributed by atoms with Crippen molar-refractivity contribution >= 4 is 17.5 Å². The lowest BCUT2D eigenvalue weighted by molar-refractivity contribution is -0.127. The molecule has 3 fully saturated rings. The van der Waals surface area contributed by atoms with Gasteiger partial charge in [-0.1, -0.05) is 0 Å². The van der Waals surface area contributed by atoms with Crippen LogP contribution in [0, 0.1) is 12.8 Å². The van der Waals surface area contributed by atoms with Crippen molar-refractivity contribution in [2.45, 2.75) is 50.8 Å². The second-order valence-electron chi connectivity index (χ2n) is 8.65. The average Bonchev–Trinajstić information content (AvgIpc) is 2.98. The number of aryl methyl sites for hydroxylation is 1. The van der Waals surface area contributed by atoms with Crippen molar-refractivity contribution in [1.82, 2.24) is 9.97 Å². The van der Waals surface area contributed by atoms with Gasteiger partial charge in [-0.2, -0.15) is 0 Å². The molecule has 3 aliphatic rings. The zero-order valence-corrected chi connectivity index (χ0v) is 17.9. The summed E-state index contributed by atoms with van der Waals surface area (Å²) in [6.07, 6.45) is 7.46. The molecule has 1 saturated carbocycles. The van der Waals surface area contributed by atoms with E-state index in [-0.39, 0.29) is 17.9 Å². The summed E-state index contributed by atoms with van der Waals surface area (Å²) in [5.74, 6) is 2.11. The van der Waals surface area contributed by atoms with Crippen molar-refractivity contribution in [1.29, 1.82) is 0 Å². The Labute approximate surface area is 181 Å². The van der Waals surface area contributed by atoms with Crippen molar-refractivity contribution in [3.8, 4) is 11.5 Å². The Morgan fingerprint density at radius 1 is 1.16 bits per heavy atom. The standard InChI is InChI=1S/C23H28N4O4/c1-14-7-16(26-22(28)15-8-19(9-15)29-2)3-6-21(14)31-20-10-24-23(25-11-20)27-17-4-5-18(27)13-30-12-17/h3,6-7,10-11,15,17-19H,4-5,8-9,12-13H2,1-2H3,(H,26,28). The van der Waals surface area contributed by atoms with E-state index in [0.29, 0.717) is 23.6 Å². The number of nitrogens with zero attached hydrogens (tertiary/aromatic N) is 3. The molecule has 2 saturated heterocycles. The second kappa shape index (κ2) is 8.43. The number of carbonyl (C=O) groups excluding carboxylic acids is 1. The number of ether oxygens (including phenoxy) is 3. The predicted octanol–water partition coefficient (Wildman–Crippen LogP) is 3.31. The monoisotopic (exact) mass is 424 g/mol. The van der Waals surface area contributed by atoms with Gasteiger partial charge in [0.25, 0.3) is 0 Å². The number of hydrogen-bond acceptors (Lipinski definition) is 7. The van der Waals surface area contributed by atoms with Gasteiger partial charge in [-0.05, 0) is 56.4 Å². The number of aromatic nitrogens is 2. The van der Waals surface area contributed by atoms with E-state index in [1.165, 1.54) is 0 Å². The molecule has 3 heterocycles. The minimum absolute atomic E-state index is 0.0264. The first kappa shape index (κ1) is 20.2.